The molecule has 144 valence electrons. The van der Waals surface area contributed by atoms with Crippen molar-refractivity contribution in [2.45, 2.75) is 19.3 Å². The molecule has 1 heterocycles. The highest BCUT2D eigenvalue weighted by Gasteiger charge is 2.30. The zero-order valence-corrected chi connectivity index (χ0v) is 13.7. The summed E-state index contributed by atoms with van der Waals surface area (Å²) in [6, 6.07) is 3.57. The van der Waals surface area contributed by atoms with E-state index in [2.05, 4.69) is 20.9 Å². The molecule has 0 bridgehead atoms. The highest BCUT2D eigenvalue weighted by atomic mass is 19.4. The van der Waals surface area contributed by atoms with Gasteiger partial charge in [0.2, 0.25) is 5.91 Å². The Balaban J connectivity index is 1.78. The molecule has 0 unspecified atom stereocenters. The van der Waals surface area contributed by atoms with Crippen LogP contribution in [0.1, 0.15) is 21.6 Å². The summed E-state index contributed by atoms with van der Waals surface area (Å²) < 4.78 is 38.5. The van der Waals surface area contributed by atoms with Crippen LogP contribution < -0.4 is 10.6 Å². The summed E-state index contributed by atoms with van der Waals surface area (Å²) in [7, 11) is 0. The average molecular weight is 385 g/mol. The minimum Gasteiger partial charge on any atom is -0.480 e. The van der Waals surface area contributed by atoms with Crippen molar-refractivity contribution in [3.63, 3.8) is 0 Å². The predicted octanol–water partition coefficient (Wildman–Crippen LogP) is 0.428. The molecule has 0 atom stereocenters. The quantitative estimate of drug-likeness (QED) is 0.635. The highest BCUT2D eigenvalue weighted by molar-refractivity contribution is 5.96. The minimum atomic E-state index is -4.50. The summed E-state index contributed by atoms with van der Waals surface area (Å²) in [5, 5.41) is 20.5. The number of benzene rings is 1. The first kappa shape index (κ1) is 19.9. The topological polar surface area (TPSA) is 126 Å². The van der Waals surface area contributed by atoms with E-state index in [1.165, 1.54) is 6.20 Å². The maximum Gasteiger partial charge on any atom is 0.416 e. The summed E-state index contributed by atoms with van der Waals surface area (Å²) in [6.45, 7) is -0.804. The van der Waals surface area contributed by atoms with Crippen LogP contribution in [0.5, 0.6) is 0 Å². The Bertz CT molecular complexity index is 833. The first-order valence-corrected chi connectivity index (χ1v) is 7.48. The van der Waals surface area contributed by atoms with Gasteiger partial charge in [0.1, 0.15) is 12.2 Å². The molecule has 1 aromatic heterocycles. The monoisotopic (exact) mass is 385 g/mol. The number of carbonyl (C=O) groups excluding carboxylic acids is 2. The third kappa shape index (κ3) is 6.09. The van der Waals surface area contributed by atoms with Crippen LogP contribution in [0.15, 0.2) is 30.5 Å². The van der Waals surface area contributed by atoms with Gasteiger partial charge >= 0.3 is 12.1 Å². The first-order chi connectivity index (χ1) is 12.6. The van der Waals surface area contributed by atoms with Gasteiger partial charge in [0.15, 0.2) is 0 Å². The third-order valence-corrected chi connectivity index (χ3v) is 3.23. The molecule has 0 fully saturated rings. The summed E-state index contributed by atoms with van der Waals surface area (Å²) in [6.07, 6.45) is -3.16. The minimum absolute atomic E-state index is 0.0209. The highest BCUT2D eigenvalue weighted by Crippen LogP contribution is 2.28. The molecule has 2 aromatic rings. The second-order valence-electron chi connectivity index (χ2n) is 5.34. The van der Waals surface area contributed by atoms with Crippen LogP contribution in [0.4, 0.5) is 13.2 Å². The fourth-order valence-corrected chi connectivity index (χ4v) is 1.96. The number of carbonyl (C=O) groups is 3. The fraction of sp³-hybridized carbons (Fsp3) is 0.267. The smallest absolute Gasteiger partial charge is 0.416 e. The van der Waals surface area contributed by atoms with E-state index < -0.39 is 36.1 Å². The molecule has 2 rings (SSSR count). The van der Waals surface area contributed by atoms with Gasteiger partial charge in [-0.1, -0.05) is 5.21 Å². The number of nitrogens with zero attached hydrogens (tertiary/aromatic N) is 3. The molecule has 9 nitrogen and oxygen atoms in total. The van der Waals surface area contributed by atoms with Crippen LogP contribution in [0.3, 0.4) is 0 Å². The largest absolute Gasteiger partial charge is 0.480 e. The summed E-state index contributed by atoms with van der Waals surface area (Å²) >= 11 is 0. The van der Waals surface area contributed by atoms with Gasteiger partial charge in [-0.15, -0.1) is 5.10 Å². The van der Waals surface area contributed by atoms with Crippen LogP contribution in [-0.2, 0) is 28.9 Å². The van der Waals surface area contributed by atoms with Crippen LogP contribution in [-0.4, -0.2) is 44.4 Å². The van der Waals surface area contributed by atoms with Crippen molar-refractivity contribution >= 4 is 17.8 Å². The number of carboxylic acids is 1. The van der Waals surface area contributed by atoms with E-state index in [9.17, 15) is 27.6 Å². The number of carboxylic acid groups (broad SMARTS) is 1. The number of alkyl halides is 3. The van der Waals surface area contributed by atoms with E-state index in [-0.39, 0.29) is 18.7 Å². The molecule has 0 spiro atoms. The van der Waals surface area contributed by atoms with E-state index in [1.807, 2.05) is 0 Å². The predicted molar refractivity (Wildman–Crippen MR) is 83.3 cm³/mol. The van der Waals surface area contributed by atoms with Crippen molar-refractivity contribution in [3.8, 4) is 0 Å². The first-order valence-electron chi connectivity index (χ1n) is 7.48. The molecule has 0 aliphatic rings. The Morgan fingerprint density at radius 1 is 1.11 bits per heavy atom. The summed E-state index contributed by atoms with van der Waals surface area (Å²) in [5.41, 5.74) is -0.584. The molecular weight excluding hydrogens is 371 g/mol. The Morgan fingerprint density at radius 2 is 1.78 bits per heavy atom. The molecule has 12 heteroatoms. The standard InChI is InChI=1S/C15H14F3N5O4/c16-15(17,18)10-3-1-9(2-4-10)14(27)20-6-12(24)19-5-11-7-23(22-21-11)8-13(25)26/h1-4,7H,5-6,8H2,(H,19,24)(H,20,27)(H,25,26). The van der Waals surface area contributed by atoms with Gasteiger partial charge < -0.3 is 15.7 Å². The number of hydrogen-bond donors (Lipinski definition) is 3. The lowest BCUT2D eigenvalue weighted by atomic mass is 10.1. The number of hydrogen-bond acceptors (Lipinski definition) is 5. The van der Waals surface area contributed by atoms with E-state index in [0.717, 1.165) is 28.9 Å². The lowest BCUT2D eigenvalue weighted by molar-refractivity contribution is -0.138. The zero-order valence-electron chi connectivity index (χ0n) is 13.7. The Morgan fingerprint density at radius 3 is 2.37 bits per heavy atom. The lowest BCUT2D eigenvalue weighted by Crippen LogP contribution is -2.36. The Labute approximate surface area is 150 Å². The van der Waals surface area contributed by atoms with Crippen LogP contribution >= 0.6 is 0 Å². The zero-order chi connectivity index (χ0) is 20.0. The van der Waals surface area contributed by atoms with Crippen molar-refractivity contribution in [2.24, 2.45) is 0 Å². The van der Waals surface area contributed by atoms with Gasteiger partial charge in [0.25, 0.3) is 5.91 Å². The second kappa shape index (κ2) is 8.29. The molecule has 0 saturated carbocycles. The fourth-order valence-electron chi connectivity index (χ4n) is 1.96. The van der Waals surface area contributed by atoms with Gasteiger partial charge in [-0.25, -0.2) is 4.68 Å². The molecule has 0 aliphatic heterocycles. The van der Waals surface area contributed by atoms with Crippen LogP contribution in [0.2, 0.25) is 0 Å². The molecule has 0 radical (unpaired) electrons. The van der Waals surface area contributed by atoms with E-state index in [0.29, 0.717) is 5.69 Å². The van der Waals surface area contributed by atoms with E-state index >= 15 is 0 Å². The normalized spacial score (nSPS) is 11.1. The second-order valence-corrected chi connectivity index (χ2v) is 5.34. The van der Waals surface area contributed by atoms with Gasteiger partial charge in [0.05, 0.1) is 24.8 Å². The van der Waals surface area contributed by atoms with Gasteiger partial charge in [0, 0.05) is 5.56 Å². The van der Waals surface area contributed by atoms with Gasteiger partial charge in [-0.2, -0.15) is 13.2 Å². The number of aromatic nitrogens is 3. The van der Waals surface area contributed by atoms with Gasteiger partial charge in [-0.05, 0) is 24.3 Å². The van der Waals surface area contributed by atoms with E-state index in [4.69, 9.17) is 5.11 Å². The van der Waals surface area contributed by atoms with Crippen molar-refractivity contribution in [2.75, 3.05) is 6.54 Å². The molecule has 0 saturated heterocycles. The van der Waals surface area contributed by atoms with Crippen molar-refractivity contribution in [1.82, 2.24) is 25.6 Å². The van der Waals surface area contributed by atoms with Crippen molar-refractivity contribution < 1.29 is 32.7 Å². The maximum atomic E-state index is 12.5. The number of aliphatic carboxylic acids is 1. The molecule has 3 N–H and O–H groups in total. The van der Waals surface area contributed by atoms with Crippen LogP contribution in [0.25, 0.3) is 0 Å². The van der Waals surface area contributed by atoms with Crippen molar-refractivity contribution in [3.05, 3.63) is 47.3 Å². The molecule has 1 aromatic carbocycles. The SMILES string of the molecule is O=C(O)Cn1cc(CNC(=O)CNC(=O)c2ccc(C(F)(F)F)cc2)nn1. The van der Waals surface area contributed by atoms with Crippen LogP contribution in [0, 0.1) is 0 Å². The molecular formula is C15H14F3N5O4. The average Bonchev–Trinajstić information content (AvgIpc) is 3.03. The number of rotatable bonds is 7. The number of halogens is 3. The molecule has 2 amide bonds. The summed E-state index contributed by atoms with van der Waals surface area (Å²) in [4.78, 5) is 34.1. The third-order valence-electron chi connectivity index (χ3n) is 3.23. The molecule has 0 aliphatic carbocycles. The molecule has 27 heavy (non-hydrogen) atoms. The number of amides is 2. The maximum absolute atomic E-state index is 12.5. The number of nitrogens with one attached hydrogen (secondary N) is 2. The Hall–Kier alpha value is -3.44. The van der Waals surface area contributed by atoms with E-state index in [1.54, 1.807) is 0 Å². The summed E-state index contributed by atoms with van der Waals surface area (Å²) in [5.74, 6) is -2.37. The van der Waals surface area contributed by atoms with Gasteiger partial charge in [-0.3, -0.25) is 14.4 Å². The Kier molecular flexibility index (Phi) is 6.11. The lowest BCUT2D eigenvalue weighted by Gasteiger charge is -2.08. The van der Waals surface area contributed by atoms with Crippen molar-refractivity contribution in [1.29, 1.82) is 0 Å².